The summed E-state index contributed by atoms with van der Waals surface area (Å²) in [6.45, 7) is 3.58. The summed E-state index contributed by atoms with van der Waals surface area (Å²) >= 11 is 1.17. The highest BCUT2D eigenvalue weighted by molar-refractivity contribution is 7.16. The molecule has 30 heavy (non-hydrogen) atoms. The van der Waals surface area contributed by atoms with Gasteiger partial charge in [-0.25, -0.2) is 0 Å². The summed E-state index contributed by atoms with van der Waals surface area (Å²) in [5, 5.41) is 13.3. The number of unbranched alkanes of at least 4 members (excludes halogenated alkanes) is 3. The molecule has 6 heteroatoms. The number of rotatable bonds is 14. The molecule has 0 fully saturated rings. The quantitative estimate of drug-likeness (QED) is 0.327. The van der Waals surface area contributed by atoms with E-state index < -0.39 is 0 Å². The summed E-state index contributed by atoms with van der Waals surface area (Å²) in [6, 6.07) is 14.1. The van der Waals surface area contributed by atoms with Crippen molar-refractivity contribution < 1.29 is 9.84 Å². The number of benzene rings is 2. The predicted molar refractivity (Wildman–Crippen MR) is 125 cm³/mol. The third kappa shape index (κ3) is 7.27. The van der Waals surface area contributed by atoms with E-state index in [2.05, 4.69) is 40.6 Å². The summed E-state index contributed by atoms with van der Waals surface area (Å²) in [5.41, 5.74) is 3.04. The Morgan fingerprint density at radius 2 is 1.70 bits per heavy atom. The topological polar surface area (TPSA) is 74.4 Å². The lowest BCUT2D eigenvalue weighted by Gasteiger charge is -2.07. The summed E-state index contributed by atoms with van der Waals surface area (Å²) in [5.74, 6) is 0.139. The van der Waals surface area contributed by atoms with Crippen LogP contribution in [0.15, 0.2) is 47.3 Å². The van der Waals surface area contributed by atoms with Crippen LogP contribution in [0.1, 0.15) is 43.2 Å². The number of aromatic hydroxyl groups is 1. The average molecular weight is 429 g/mol. The van der Waals surface area contributed by atoms with Gasteiger partial charge in [-0.05, 0) is 62.4 Å². The first-order valence-corrected chi connectivity index (χ1v) is 11.7. The molecule has 2 aromatic carbocycles. The minimum atomic E-state index is -0.124. The highest BCUT2D eigenvalue weighted by atomic mass is 32.1. The second-order valence-electron chi connectivity index (χ2n) is 7.58. The van der Waals surface area contributed by atoms with Crippen molar-refractivity contribution in [3.8, 4) is 5.75 Å². The van der Waals surface area contributed by atoms with E-state index in [0.717, 1.165) is 68.7 Å². The minimum absolute atomic E-state index is 0.124. The zero-order valence-electron chi connectivity index (χ0n) is 17.5. The molecular weight excluding hydrogens is 396 g/mol. The summed E-state index contributed by atoms with van der Waals surface area (Å²) < 4.78 is 6.60. The Morgan fingerprint density at radius 1 is 0.900 bits per heavy atom. The van der Waals surface area contributed by atoms with Crippen LogP contribution in [0.5, 0.6) is 5.75 Å². The van der Waals surface area contributed by atoms with Crippen LogP contribution in [0.4, 0.5) is 0 Å². The van der Waals surface area contributed by atoms with Gasteiger partial charge in [-0.1, -0.05) is 60.6 Å². The van der Waals surface area contributed by atoms with Crippen LogP contribution in [-0.4, -0.2) is 36.4 Å². The van der Waals surface area contributed by atoms with Gasteiger partial charge in [0.1, 0.15) is 11.3 Å². The van der Waals surface area contributed by atoms with Crippen LogP contribution < -0.4 is 10.2 Å². The third-order valence-corrected chi connectivity index (χ3v) is 6.16. The first-order chi connectivity index (χ1) is 14.7. The average Bonchev–Trinajstić information content (AvgIpc) is 3.16. The number of phenolic OH excluding ortho intramolecular Hbond substituents is 1. The van der Waals surface area contributed by atoms with E-state index in [-0.39, 0.29) is 10.6 Å². The van der Waals surface area contributed by atoms with Crippen molar-refractivity contribution in [1.29, 1.82) is 0 Å². The molecule has 0 amide bonds. The molecule has 0 aliphatic heterocycles. The van der Waals surface area contributed by atoms with E-state index in [1.54, 1.807) is 6.07 Å². The van der Waals surface area contributed by atoms with Crippen molar-refractivity contribution in [2.45, 2.75) is 44.9 Å². The number of hydrogen-bond donors (Lipinski definition) is 3. The largest absolute Gasteiger partial charge is 0.506 e. The number of phenols is 1. The normalized spacial score (nSPS) is 11.3. The first-order valence-electron chi connectivity index (χ1n) is 10.9. The Bertz CT molecular complexity index is 937. The van der Waals surface area contributed by atoms with Crippen molar-refractivity contribution in [2.24, 2.45) is 0 Å². The lowest BCUT2D eigenvalue weighted by Crippen LogP contribution is -2.18. The number of H-pyrrole nitrogens is 1. The fourth-order valence-electron chi connectivity index (χ4n) is 3.55. The van der Waals surface area contributed by atoms with E-state index >= 15 is 0 Å². The molecule has 3 N–H and O–H groups in total. The number of aromatic nitrogens is 1. The molecule has 0 aliphatic carbocycles. The Labute approximate surface area is 182 Å². The molecule has 0 bridgehead atoms. The minimum Gasteiger partial charge on any atom is -0.506 e. The summed E-state index contributed by atoms with van der Waals surface area (Å²) in [4.78, 5) is 14.1. The van der Waals surface area contributed by atoms with Crippen LogP contribution in [0.2, 0.25) is 0 Å². The van der Waals surface area contributed by atoms with Gasteiger partial charge >= 0.3 is 4.87 Å². The van der Waals surface area contributed by atoms with Gasteiger partial charge in [0.05, 0.1) is 4.70 Å². The molecule has 0 radical (unpaired) electrons. The number of thiazole rings is 1. The van der Waals surface area contributed by atoms with Gasteiger partial charge in [0.25, 0.3) is 0 Å². The van der Waals surface area contributed by atoms with Gasteiger partial charge in [-0.2, -0.15) is 0 Å². The molecular formula is C24H32N2O3S. The fraction of sp³-hybridized carbons (Fsp3) is 0.458. The molecule has 162 valence electrons. The highest BCUT2D eigenvalue weighted by Crippen LogP contribution is 2.27. The van der Waals surface area contributed by atoms with E-state index in [1.165, 1.54) is 29.7 Å². The number of hydrogen-bond acceptors (Lipinski definition) is 5. The molecule has 5 nitrogen and oxygen atoms in total. The summed E-state index contributed by atoms with van der Waals surface area (Å²) in [6.07, 6.45) is 7.73. The Kier molecular flexibility index (Phi) is 9.41. The highest BCUT2D eigenvalue weighted by Gasteiger charge is 2.09. The summed E-state index contributed by atoms with van der Waals surface area (Å²) in [7, 11) is 0. The lowest BCUT2D eigenvalue weighted by atomic mass is 10.1. The van der Waals surface area contributed by atoms with Gasteiger partial charge in [0.2, 0.25) is 0 Å². The predicted octanol–water partition coefficient (Wildman–Crippen LogP) is 4.64. The van der Waals surface area contributed by atoms with Crippen molar-refractivity contribution in [3.05, 3.63) is 63.3 Å². The maximum absolute atomic E-state index is 11.6. The van der Waals surface area contributed by atoms with E-state index in [0.29, 0.717) is 5.52 Å². The molecule has 0 saturated heterocycles. The smallest absolute Gasteiger partial charge is 0.305 e. The van der Waals surface area contributed by atoms with Gasteiger partial charge < -0.3 is 20.1 Å². The zero-order valence-corrected chi connectivity index (χ0v) is 18.3. The Morgan fingerprint density at radius 3 is 2.57 bits per heavy atom. The molecule has 0 saturated carbocycles. The van der Waals surface area contributed by atoms with E-state index in [4.69, 9.17) is 4.74 Å². The molecule has 0 unspecified atom stereocenters. The molecule has 0 aliphatic rings. The second-order valence-corrected chi connectivity index (χ2v) is 8.56. The molecule has 1 aromatic heterocycles. The van der Waals surface area contributed by atoms with Crippen LogP contribution in [0.25, 0.3) is 10.2 Å². The van der Waals surface area contributed by atoms with E-state index in [9.17, 15) is 9.90 Å². The number of nitrogens with one attached hydrogen (secondary N) is 2. The fourth-order valence-corrected chi connectivity index (χ4v) is 4.45. The monoisotopic (exact) mass is 428 g/mol. The van der Waals surface area contributed by atoms with Crippen LogP contribution in [-0.2, 0) is 17.6 Å². The molecule has 3 rings (SSSR count). The van der Waals surface area contributed by atoms with Crippen molar-refractivity contribution >= 4 is 21.6 Å². The lowest BCUT2D eigenvalue weighted by molar-refractivity contribution is 0.127. The Balaban J connectivity index is 1.16. The molecule has 0 spiro atoms. The van der Waals surface area contributed by atoms with Crippen molar-refractivity contribution in [1.82, 2.24) is 10.3 Å². The number of ether oxygens (including phenoxy) is 1. The van der Waals surface area contributed by atoms with Gasteiger partial charge in [0.15, 0.2) is 0 Å². The molecule has 0 atom stereocenters. The first kappa shape index (κ1) is 22.5. The maximum atomic E-state index is 11.6. The van der Waals surface area contributed by atoms with Gasteiger partial charge in [-0.3, -0.25) is 4.79 Å². The zero-order chi connectivity index (χ0) is 21.0. The molecule has 3 aromatic rings. The number of aromatic amines is 1. The van der Waals surface area contributed by atoms with Gasteiger partial charge in [0, 0.05) is 13.2 Å². The van der Waals surface area contributed by atoms with Crippen molar-refractivity contribution in [2.75, 3.05) is 26.3 Å². The second kappa shape index (κ2) is 12.5. The van der Waals surface area contributed by atoms with Crippen LogP contribution in [0, 0.1) is 0 Å². The Hall–Kier alpha value is -2.15. The van der Waals surface area contributed by atoms with E-state index in [1.807, 2.05) is 6.07 Å². The van der Waals surface area contributed by atoms with Crippen LogP contribution >= 0.6 is 11.3 Å². The SMILES string of the molecule is O=c1[nH]c2c(O)ccc(CCNCCCCCCOCCCc3ccccc3)c2s1. The van der Waals surface area contributed by atoms with Gasteiger partial charge in [-0.15, -0.1) is 0 Å². The maximum Gasteiger partial charge on any atom is 0.305 e. The number of aryl methyl sites for hydroxylation is 1. The standard InChI is InChI=1S/C24H32N2O3S/c27-21-13-12-20(23-22(21)26-24(28)30-23)14-16-25-15-6-1-2-7-17-29-18-8-11-19-9-4-3-5-10-19/h3-5,9-10,12-13,25,27H,1-2,6-8,11,14-18H2,(H,26,28). The number of fused-ring (bicyclic) bond motifs is 1. The van der Waals surface area contributed by atoms with Crippen molar-refractivity contribution in [3.63, 3.8) is 0 Å². The third-order valence-electron chi connectivity index (χ3n) is 5.20. The van der Waals surface area contributed by atoms with Crippen LogP contribution in [0.3, 0.4) is 0 Å². The molecule has 1 heterocycles.